The number of carbonyl (C=O) groups excluding carboxylic acids is 2. The molecule has 2 aromatic carbocycles. The molecule has 0 saturated heterocycles. The molecule has 1 aliphatic rings. The molecule has 1 atom stereocenters. The van der Waals surface area contributed by atoms with Gasteiger partial charge in [0.05, 0.1) is 11.7 Å². The van der Waals surface area contributed by atoms with Crippen molar-refractivity contribution in [3.8, 4) is 5.75 Å². The molecule has 3 rings (SSSR count). The normalized spacial score (nSPS) is 14.4. The van der Waals surface area contributed by atoms with Gasteiger partial charge in [-0.2, -0.15) is 0 Å². The predicted molar refractivity (Wildman–Crippen MR) is 109 cm³/mol. The van der Waals surface area contributed by atoms with Crippen molar-refractivity contribution in [2.45, 2.75) is 19.9 Å². The van der Waals surface area contributed by atoms with Gasteiger partial charge in [-0.3, -0.25) is 19.4 Å². The molecule has 0 aromatic heterocycles. The fourth-order valence-corrected chi connectivity index (χ4v) is 3.53. The van der Waals surface area contributed by atoms with E-state index in [1.165, 1.54) is 10.5 Å². The van der Waals surface area contributed by atoms with Gasteiger partial charge in [0, 0.05) is 6.54 Å². The first-order valence-electron chi connectivity index (χ1n) is 9.71. The maximum atomic E-state index is 12.6. The van der Waals surface area contributed by atoms with Crippen LogP contribution in [0, 0.1) is 0 Å². The molecule has 1 N–H and O–H groups in total. The van der Waals surface area contributed by atoms with Crippen molar-refractivity contribution in [1.82, 2.24) is 10.2 Å². The molecule has 2 amide bonds. The summed E-state index contributed by atoms with van der Waals surface area (Å²) in [6.07, 6.45) is 0. The summed E-state index contributed by atoms with van der Waals surface area (Å²) in [4.78, 5) is 28.7. The lowest BCUT2D eigenvalue weighted by Crippen LogP contribution is -2.46. The van der Waals surface area contributed by atoms with E-state index in [1.807, 2.05) is 30.3 Å². The smallest absolute Gasteiger partial charge is 0.265 e. The Balaban J connectivity index is 1.68. The van der Waals surface area contributed by atoms with Gasteiger partial charge in [-0.1, -0.05) is 56.3 Å². The van der Waals surface area contributed by atoms with Gasteiger partial charge >= 0.3 is 0 Å². The van der Waals surface area contributed by atoms with Gasteiger partial charge in [0.25, 0.3) is 5.91 Å². The van der Waals surface area contributed by atoms with Crippen LogP contribution in [-0.2, 0) is 9.59 Å². The molecule has 0 bridgehead atoms. The van der Waals surface area contributed by atoms with Gasteiger partial charge in [0.15, 0.2) is 6.61 Å². The summed E-state index contributed by atoms with van der Waals surface area (Å²) in [6.45, 7) is 6.44. The molecule has 0 aliphatic carbocycles. The largest absolute Gasteiger partial charge is 0.482 e. The summed E-state index contributed by atoms with van der Waals surface area (Å²) in [5.74, 6) is 0.232. The molecule has 0 fully saturated rings. The summed E-state index contributed by atoms with van der Waals surface area (Å²) in [6, 6.07) is 17.5. The molecule has 0 unspecified atom stereocenters. The Morgan fingerprint density at radius 3 is 2.50 bits per heavy atom. The van der Waals surface area contributed by atoms with E-state index in [9.17, 15) is 9.59 Å². The highest BCUT2D eigenvalue weighted by Crippen LogP contribution is 2.31. The van der Waals surface area contributed by atoms with Crippen LogP contribution in [0.5, 0.6) is 5.75 Å². The minimum Gasteiger partial charge on any atom is -0.482 e. The van der Waals surface area contributed by atoms with Crippen LogP contribution in [-0.4, -0.2) is 49.5 Å². The molecular weight excluding hydrogens is 354 g/mol. The van der Waals surface area contributed by atoms with E-state index in [-0.39, 0.29) is 31.0 Å². The Labute approximate surface area is 166 Å². The third-order valence-corrected chi connectivity index (χ3v) is 5.04. The maximum absolute atomic E-state index is 12.6. The number of nitrogens with zero attached hydrogens (tertiary/aromatic N) is 2. The number of hydrogen-bond donors (Lipinski definition) is 1. The van der Waals surface area contributed by atoms with Gasteiger partial charge in [-0.25, -0.2) is 0 Å². The molecule has 6 nitrogen and oxygen atoms in total. The number of fused-ring (bicyclic) bond motifs is 1. The van der Waals surface area contributed by atoms with Crippen LogP contribution in [0.15, 0.2) is 54.6 Å². The molecule has 0 radical (unpaired) electrons. The fourth-order valence-electron chi connectivity index (χ4n) is 3.53. The average molecular weight is 381 g/mol. The lowest BCUT2D eigenvalue weighted by molar-refractivity contribution is -0.125. The number of carbonyl (C=O) groups is 2. The van der Waals surface area contributed by atoms with Gasteiger partial charge in [-0.05, 0) is 30.8 Å². The SMILES string of the molecule is CCN(CC)[C@@H](CNC(=O)CN1C(=O)COc2ccccc21)c1ccccc1. The van der Waals surface area contributed by atoms with Crippen LogP contribution < -0.4 is 15.0 Å². The van der Waals surface area contributed by atoms with Crippen molar-refractivity contribution >= 4 is 17.5 Å². The number of hydrogen-bond acceptors (Lipinski definition) is 4. The number of ether oxygens (including phenoxy) is 1. The van der Waals surface area contributed by atoms with Crippen LogP contribution >= 0.6 is 0 Å². The molecule has 0 saturated carbocycles. The minimum absolute atomic E-state index is 0.0149. The highest BCUT2D eigenvalue weighted by Gasteiger charge is 2.27. The zero-order valence-electron chi connectivity index (χ0n) is 16.4. The second-order valence-electron chi connectivity index (χ2n) is 6.69. The van der Waals surface area contributed by atoms with Crippen molar-refractivity contribution in [2.75, 3.05) is 37.7 Å². The van der Waals surface area contributed by atoms with E-state index >= 15 is 0 Å². The first kappa shape index (κ1) is 19.9. The first-order chi connectivity index (χ1) is 13.6. The van der Waals surface area contributed by atoms with Crippen molar-refractivity contribution < 1.29 is 14.3 Å². The second-order valence-corrected chi connectivity index (χ2v) is 6.69. The van der Waals surface area contributed by atoms with Crippen molar-refractivity contribution in [2.24, 2.45) is 0 Å². The lowest BCUT2D eigenvalue weighted by Gasteiger charge is -2.31. The van der Waals surface area contributed by atoms with E-state index in [0.717, 1.165) is 13.1 Å². The summed E-state index contributed by atoms with van der Waals surface area (Å²) < 4.78 is 5.43. The standard InChI is InChI=1S/C22H27N3O3/c1-3-24(4-2)19(17-10-6-5-7-11-17)14-23-21(26)15-25-18-12-8-9-13-20(18)28-16-22(25)27/h5-13,19H,3-4,14-16H2,1-2H3,(H,23,26)/t19-/m0/s1. The number of para-hydroxylation sites is 2. The zero-order valence-corrected chi connectivity index (χ0v) is 16.4. The number of nitrogens with one attached hydrogen (secondary N) is 1. The minimum atomic E-state index is -0.211. The molecule has 28 heavy (non-hydrogen) atoms. The molecule has 148 valence electrons. The summed E-state index contributed by atoms with van der Waals surface area (Å²) >= 11 is 0. The second kappa shape index (κ2) is 9.37. The van der Waals surface area contributed by atoms with Gasteiger partial charge in [0.1, 0.15) is 12.3 Å². The summed E-state index contributed by atoms with van der Waals surface area (Å²) in [7, 11) is 0. The van der Waals surface area contributed by atoms with Crippen molar-refractivity contribution in [3.05, 3.63) is 60.2 Å². The van der Waals surface area contributed by atoms with Crippen molar-refractivity contribution in [3.63, 3.8) is 0 Å². The monoisotopic (exact) mass is 381 g/mol. The summed E-state index contributed by atoms with van der Waals surface area (Å²) in [5, 5.41) is 3.01. The molecule has 0 spiro atoms. The Kier molecular flexibility index (Phi) is 6.66. The van der Waals surface area contributed by atoms with Crippen LogP contribution in [0.3, 0.4) is 0 Å². The Morgan fingerprint density at radius 1 is 1.11 bits per heavy atom. The quantitative estimate of drug-likeness (QED) is 0.764. The van der Waals surface area contributed by atoms with E-state index < -0.39 is 0 Å². The van der Waals surface area contributed by atoms with E-state index in [0.29, 0.717) is 18.0 Å². The molecule has 1 aliphatic heterocycles. The highest BCUT2D eigenvalue weighted by atomic mass is 16.5. The van der Waals surface area contributed by atoms with Gasteiger partial charge in [0.2, 0.25) is 5.91 Å². The Hall–Kier alpha value is -2.86. The molecule has 1 heterocycles. The fraction of sp³-hybridized carbons (Fsp3) is 0.364. The molecular formula is C22H27N3O3. The third kappa shape index (κ3) is 4.51. The van der Waals surface area contributed by atoms with E-state index in [4.69, 9.17) is 4.74 Å². The lowest BCUT2D eigenvalue weighted by atomic mass is 10.1. The number of rotatable bonds is 8. The van der Waals surface area contributed by atoms with E-state index in [2.05, 4.69) is 36.2 Å². The van der Waals surface area contributed by atoms with Gasteiger partial charge < -0.3 is 10.1 Å². The number of likely N-dealkylation sites (N-methyl/N-ethyl adjacent to an activating group) is 1. The van der Waals surface area contributed by atoms with E-state index in [1.54, 1.807) is 12.1 Å². The zero-order chi connectivity index (χ0) is 19.9. The Morgan fingerprint density at radius 2 is 1.79 bits per heavy atom. The van der Waals surface area contributed by atoms with Crippen LogP contribution in [0.25, 0.3) is 0 Å². The number of anilines is 1. The Bertz CT molecular complexity index is 806. The van der Waals surface area contributed by atoms with Gasteiger partial charge in [-0.15, -0.1) is 0 Å². The van der Waals surface area contributed by atoms with Crippen LogP contribution in [0.1, 0.15) is 25.5 Å². The van der Waals surface area contributed by atoms with Crippen LogP contribution in [0.4, 0.5) is 5.69 Å². The third-order valence-electron chi connectivity index (χ3n) is 5.04. The topological polar surface area (TPSA) is 61.9 Å². The predicted octanol–water partition coefficient (Wildman–Crippen LogP) is 2.61. The first-order valence-corrected chi connectivity index (χ1v) is 9.71. The van der Waals surface area contributed by atoms with Crippen molar-refractivity contribution in [1.29, 1.82) is 0 Å². The molecule has 6 heteroatoms. The average Bonchev–Trinajstić information content (AvgIpc) is 2.74. The maximum Gasteiger partial charge on any atom is 0.265 e. The summed E-state index contributed by atoms with van der Waals surface area (Å²) in [5.41, 5.74) is 1.80. The number of benzene rings is 2. The highest BCUT2D eigenvalue weighted by molar-refractivity contribution is 6.02. The van der Waals surface area contributed by atoms with Crippen LogP contribution in [0.2, 0.25) is 0 Å². The molecule has 2 aromatic rings. The number of amides is 2.